The molecule has 0 bridgehead atoms. The molecule has 98 valence electrons. The molecule has 0 saturated carbocycles. The molecule has 3 rings (SSSR count). The standard InChI is InChI=1S/C11H5ClFNO5/c12-8-9(13)4(1-6-10(8)18-3-17-6)5-2-7(11(15)16)19-14-5/h1-2H,3H2,(H,15,16). The number of nitrogens with zero attached hydrogens (tertiary/aromatic N) is 1. The zero-order chi connectivity index (χ0) is 13.6. The molecule has 0 amide bonds. The summed E-state index contributed by atoms with van der Waals surface area (Å²) < 4.78 is 28.7. The molecular weight excluding hydrogens is 281 g/mol. The number of rotatable bonds is 2. The lowest BCUT2D eigenvalue weighted by Gasteiger charge is -2.04. The van der Waals surface area contributed by atoms with Crippen molar-refractivity contribution in [3.63, 3.8) is 0 Å². The summed E-state index contributed by atoms with van der Waals surface area (Å²) in [6, 6.07) is 2.42. The SMILES string of the molecule is O=C(O)c1cc(-c2cc3c(c(Cl)c2F)OCO3)no1. The average Bonchev–Trinajstić information content (AvgIpc) is 3.01. The van der Waals surface area contributed by atoms with Crippen LogP contribution in [0.5, 0.6) is 11.5 Å². The number of benzene rings is 1. The van der Waals surface area contributed by atoms with Crippen molar-refractivity contribution in [1.29, 1.82) is 0 Å². The lowest BCUT2D eigenvalue weighted by molar-refractivity contribution is 0.0652. The predicted octanol–water partition coefficient (Wildman–Crippen LogP) is 2.56. The molecule has 0 radical (unpaired) electrons. The van der Waals surface area contributed by atoms with Crippen LogP contribution in [-0.4, -0.2) is 23.0 Å². The molecule has 6 nitrogen and oxygen atoms in total. The van der Waals surface area contributed by atoms with Crippen LogP contribution >= 0.6 is 11.6 Å². The topological polar surface area (TPSA) is 81.8 Å². The van der Waals surface area contributed by atoms with Gasteiger partial charge in [-0.05, 0) is 6.07 Å². The van der Waals surface area contributed by atoms with E-state index >= 15 is 0 Å². The Labute approximate surface area is 110 Å². The van der Waals surface area contributed by atoms with Crippen molar-refractivity contribution in [3.8, 4) is 22.8 Å². The molecule has 8 heteroatoms. The van der Waals surface area contributed by atoms with E-state index in [2.05, 4.69) is 9.68 Å². The highest BCUT2D eigenvalue weighted by Gasteiger charge is 2.26. The van der Waals surface area contributed by atoms with Gasteiger partial charge >= 0.3 is 5.97 Å². The molecule has 0 atom stereocenters. The van der Waals surface area contributed by atoms with Crippen molar-refractivity contribution >= 4 is 17.6 Å². The smallest absolute Gasteiger partial charge is 0.374 e. The van der Waals surface area contributed by atoms with E-state index in [1.807, 2.05) is 0 Å². The molecule has 1 aliphatic rings. The Bertz CT molecular complexity index is 684. The van der Waals surface area contributed by atoms with Gasteiger partial charge in [-0.25, -0.2) is 9.18 Å². The number of fused-ring (bicyclic) bond motifs is 1. The first-order valence-corrected chi connectivity index (χ1v) is 5.43. The Balaban J connectivity index is 2.14. The van der Waals surface area contributed by atoms with Crippen LogP contribution in [-0.2, 0) is 0 Å². The van der Waals surface area contributed by atoms with Gasteiger partial charge < -0.3 is 19.1 Å². The van der Waals surface area contributed by atoms with Crippen molar-refractivity contribution in [1.82, 2.24) is 5.16 Å². The molecule has 2 heterocycles. The van der Waals surface area contributed by atoms with Crippen LogP contribution in [0.1, 0.15) is 10.6 Å². The fourth-order valence-corrected chi connectivity index (χ4v) is 1.92. The van der Waals surface area contributed by atoms with Crippen LogP contribution in [0.4, 0.5) is 4.39 Å². The third-order valence-corrected chi connectivity index (χ3v) is 2.88. The van der Waals surface area contributed by atoms with Crippen molar-refractivity contribution in [2.45, 2.75) is 0 Å². The number of carbonyl (C=O) groups is 1. The Hall–Kier alpha value is -2.28. The zero-order valence-corrected chi connectivity index (χ0v) is 9.90. The lowest BCUT2D eigenvalue weighted by Crippen LogP contribution is -1.93. The summed E-state index contributed by atoms with van der Waals surface area (Å²) in [4.78, 5) is 10.7. The first kappa shape index (κ1) is 11.8. The third kappa shape index (κ3) is 1.78. The van der Waals surface area contributed by atoms with Crippen LogP contribution < -0.4 is 9.47 Å². The minimum absolute atomic E-state index is 0.00935. The molecule has 19 heavy (non-hydrogen) atoms. The highest BCUT2D eigenvalue weighted by molar-refractivity contribution is 6.32. The Morgan fingerprint density at radius 2 is 2.21 bits per heavy atom. The highest BCUT2D eigenvalue weighted by atomic mass is 35.5. The summed E-state index contributed by atoms with van der Waals surface area (Å²) >= 11 is 5.81. The third-order valence-electron chi connectivity index (χ3n) is 2.54. The highest BCUT2D eigenvalue weighted by Crippen LogP contribution is 2.44. The van der Waals surface area contributed by atoms with Gasteiger partial charge in [0.15, 0.2) is 17.3 Å². The second-order valence-corrected chi connectivity index (χ2v) is 4.05. The molecule has 1 aliphatic heterocycles. The molecular formula is C11H5ClFNO5. The molecule has 0 fully saturated rings. The minimum Gasteiger partial charge on any atom is -0.475 e. The summed E-state index contributed by atoms with van der Waals surface area (Å²) in [5.74, 6) is -2.10. The Morgan fingerprint density at radius 1 is 1.42 bits per heavy atom. The van der Waals surface area contributed by atoms with E-state index in [4.69, 9.17) is 26.2 Å². The van der Waals surface area contributed by atoms with Gasteiger partial charge in [-0.2, -0.15) is 0 Å². The van der Waals surface area contributed by atoms with E-state index in [-0.39, 0.29) is 34.6 Å². The van der Waals surface area contributed by atoms with E-state index in [1.165, 1.54) is 6.07 Å². The van der Waals surface area contributed by atoms with Crippen LogP contribution in [0.3, 0.4) is 0 Å². The van der Waals surface area contributed by atoms with Crippen LogP contribution in [0, 0.1) is 5.82 Å². The summed E-state index contributed by atoms with van der Waals surface area (Å²) in [6.45, 7) is -0.0584. The maximum Gasteiger partial charge on any atom is 0.374 e. The van der Waals surface area contributed by atoms with Gasteiger partial charge in [-0.1, -0.05) is 16.8 Å². The van der Waals surface area contributed by atoms with E-state index in [0.29, 0.717) is 0 Å². The fourth-order valence-electron chi connectivity index (χ4n) is 1.67. The normalized spacial score (nSPS) is 12.7. The van der Waals surface area contributed by atoms with Gasteiger partial charge in [0.2, 0.25) is 12.6 Å². The monoisotopic (exact) mass is 285 g/mol. The van der Waals surface area contributed by atoms with Crippen molar-refractivity contribution in [2.75, 3.05) is 6.79 Å². The van der Waals surface area contributed by atoms with E-state index in [9.17, 15) is 9.18 Å². The maximum atomic E-state index is 14.1. The number of carboxylic acid groups (broad SMARTS) is 1. The van der Waals surface area contributed by atoms with Gasteiger partial charge in [-0.3, -0.25) is 0 Å². The Morgan fingerprint density at radius 3 is 2.89 bits per heavy atom. The maximum absolute atomic E-state index is 14.1. The number of aromatic nitrogens is 1. The largest absolute Gasteiger partial charge is 0.475 e. The lowest BCUT2D eigenvalue weighted by atomic mass is 10.1. The average molecular weight is 286 g/mol. The summed E-state index contributed by atoms with van der Waals surface area (Å²) in [7, 11) is 0. The molecule has 2 aromatic rings. The number of hydrogen-bond acceptors (Lipinski definition) is 5. The quantitative estimate of drug-likeness (QED) is 0.913. The molecule has 0 unspecified atom stereocenters. The van der Waals surface area contributed by atoms with Gasteiger partial charge in [0.05, 0.1) is 0 Å². The minimum atomic E-state index is -1.30. The van der Waals surface area contributed by atoms with Gasteiger partial charge in [0.1, 0.15) is 10.7 Å². The summed E-state index contributed by atoms with van der Waals surface area (Å²) in [5, 5.41) is 12.0. The molecule has 1 N–H and O–H groups in total. The molecule has 1 aromatic carbocycles. The van der Waals surface area contributed by atoms with Crippen LogP contribution in [0.15, 0.2) is 16.7 Å². The van der Waals surface area contributed by atoms with Crippen molar-refractivity contribution < 1.29 is 28.3 Å². The van der Waals surface area contributed by atoms with E-state index in [0.717, 1.165) is 6.07 Å². The number of ether oxygens (including phenoxy) is 2. The van der Waals surface area contributed by atoms with Crippen LogP contribution in [0.25, 0.3) is 11.3 Å². The summed E-state index contributed by atoms with van der Waals surface area (Å²) in [5.41, 5.74) is -0.0133. The number of hydrogen-bond donors (Lipinski definition) is 1. The first-order valence-electron chi connectivity index (χ1n) is 5.06. The summed E-state index contributed by atoms with van der Waals surface area (Å²) in [6.07, 6.45) is 0. The van der Waals surface area contributed by atoms with Gasteiger partial charge in [0.25, 0.3) is 0 Å². The molecule has 1 aromatic heterocycles. The number of carboxylic acids is 1. The fraction of sp³-hybridized carbons (Fsp3) is 0.0909. The number of halogens is 2. The van der Waals surface area contributed by atoms with Crippen molar-refractivity contribution in [3.05, 3.63) is 28.7 Å². The molecule has 0 spiro atoms. The second-order valence-electron chi connectivity index (χ2n) is 3.67. The molecule has 0 saturated heterocycles. The van der Waals surface area contributed by atoms with Gasteiger partial charge in [0, 0.05) is 11.6 Å². The number of aromatic carboxylic acids is 1. The van der Waals surface area contributed by atoms with Crippen LogP contribution in [0.2, 0.25) is 5.02 Å². The predicted molar refractivity (Wildman–Crippen MR) is 60.0 cm³/mol. The second kappa shape index (κ2) is 4.13. The Kier molecular flexibility index (Phi) is 2.56. The van der Waals surface area contributed by atoms with E-state index in [1.54, 1.807) is 0 Å². The molecule has 0 aliphatic carbocycles. The zero-order valence-electron chi connectivity index (χ0n) is 9.15. The van der Waals surface area contributed by atoms with E-state index < -0.39 is 17.5 Å². The van der Waals surface area contributed by atoms with Crippen molar-refractivity contribution in [2.24, 2.45) is 0 Å². The first-order chi connectivity index (χ1) is 9.08. The van der Waals surface area contributed by atoms with Gasteiger partial charge in [-0.15, -0.1) is 0 Å².